The van der Waals surface area contributed by atoms with Gasteiger partial charge < -0.3 is 9.47 Å². The van der Waals surface area contributed by atoms with Crippen LogP contribution in [0.2, 0.25) is 0 Å². The first-order chi connectivity index (χ1) is 11.0. The van der Waals surface area contributed by atoms with Crippen LogP contribution >= 0.6 is 0 Å². The summed E-state index contributed by atoms with van der Waals surface area (Å²) in [5, 5.41) is 0. The maximum atomic E-state index is 13.3. The zero-order valence-corrected chi connectivity index (χ0v) is 13.8. The number of para-hydroxylation sites is 1. The SMILES string of the molecule is CCCCCC(C)OC(=O)CCCC(=O)Oc1ccccc1F. The third kappa shape index (κ3) is 8.33. The number of unbranched alkanes of at least 4 members (excludes halogenated alkanes) is 2. The largest absolute Gasteiger partial charge is 0.463 e. The van der Waals surface area contributed by atoms with E-state index in [9.17, 15) is 14.0 Å². The van der Waals surface area contributed by atoms with Gasteiger partial charge in [0.25, 0.3) is 0 Å². The molecule has 0 aliphatic rings. The molecule has 23 heavy (non-hydrogen) atoms. The van der Waals surface area contributed by atoms with Gasteiger partial charge in [-0.3, -0.25) is 9.59 Å². The maximum absolute atomic E-state index is 13.3. The normalized spacial score (nSPS) is 11.8. The quantitative estimate of drug-likeness (QED) is 0.363. The Kier molecular flexibility index (Phi) is 8.95. The molecule has 0 aliphatic carbocycles. The van der Waals surface area contributed by atoms with Crippen LogP contribution in [0.15, 0.2) is 24.3 Å². The Bertz CT molecular complexity index is 502. The number of benzene rings is 1. The van der Waals surface area contributed by atoms with E-state index in [0.29, 0.717) is 6.42 Å². The van der Waals surface area contributed by atoms with Gasteiger partial charge in [-0.05, 0) is 38.3 Å². The molecule has 1 aromatic rings. The second kappa shape index (κ2) is 10.8. The van der Waals surface area contributed by atoms with Crippen molar-refractivity contribution in [3.8, 4) is 5.75 Å². The average molecular weight is 324 g/mol. The standard InChI is InChI=1S/C18H25FO4/c1-3-4-5-9-14(2)22-17(20)12-8-13-18(21)23-16-11-7-6-10-15(16)19/h6-7,10-11,14H,3-5,8-9,12-13H2,1-2H3. The van der Waals surface area contributed by atoms with E-state index in [-0.39, 0.29) is 30.7 Å². The number of rotatable bonds is 10. The molecule has 1 atom stereocenters. The van der Waals surface area contributed by atoms with Crippen molar-refractivity contribution >= 4 is 11.9 Å². The van der Waals surface area contributed by atoms with E-state index in [1.165, 1.54) is 18.2 Å². The second-order valence-corrected chi connectivity index (χ2v) is 5.55. The Labute approximate surface area is 137 Å². The minimum atomic E-state index is -0.582. The molecule has 0 fully saturated rings. The molecule has 1 unspecified atom stereocenters. The highest BCUT2D eigenvalue weighted by Gasteiger charge is 2.12. The lowest BCUT2D eigenvalue weighted by Crippen LogP contribution is -2.15. The molecule has 0 saturated heterocycles. The fourth-order valence-corrected chi connectivity index (χ4v) is 2.10. The van der Waals surface area contributed by atoms with E-state index in [0.717, 1.165) is 25.7 Å². The molecule has 1 aromatic carbocycles. The van der Waals surface area contributed by atoms with Gasteiger partial charge in [0, 0.05) is 12.8 Å². The van der Waals surface area contributed by atoms with Crippen molar-refractivity contribution in [1.82, 2.24) is 0 Å². The second-order valence-electron chi connectivity index (χ2n) is 5.55. The van der Waals surface area contributed by atoms with Crippen LogP contribution in [0, 0.1) is 5.82 Å². The lowest BCUT2D eigenvalue weighted by molar-refractivity contribution is -0.148. The fourth-order valence-electron chi connectivity index (χ4n) is 2.10. The number of carbonyl (C=O) groups excluding carboxylic acids is 2. The molecule has 0 bridgehead atoms. The van der Waals surface area contributed by atoms with E-state index < -0.39 is 11.8 Å². The van der Waals surface area contributed by atoms with Crippen molar-refractivity contribution in [1.29, 1.82) is 0 Å². The first kappa shape index (κ1) is 19.1. The van der Waals surface area contributed by atoms with E-state index in [1.54, 1.807) is 6.07 Å². The molecule has 0 N–H and O–H groups in total. The fraction of sp³-hybridized carbons (Fsp3) is 0.556. The minimum absolute atomic E-state index is 0.0493. The number of halogens is 1. The van der Waals surface area contributed by atoms with E-state index in [4.69, 9.17) is 9.47 Å². The molecule has 0 heterocycles. The van der Waals surface area contributed by atoms with Crippen LogP contribution in [0.5, 0.6) is 5.75 Å². The highest BCUT2D eigenvalue weighted by atomic mass is 19.1. The van der Waals surface area contributed by atoms with Crippen molar-refractivity contribution in [2.24, 2.45) is 0 Å². The zero-order valence-electron chi connectivity index (χ0n) is 13.8. The maximum Gasteiger partial charge on any atom is 0.311 e. The van der Waals surface area contributed by atoms with Crippen molar-refractivity contribution in [3.05, 3.63) is 30.1 Å². The van der Waals surface area contributed by atoms with Gasteiger partial charge in [0.05, 0.1) is 6.10 Å². The van der Waals surface area contributed by atoms with Crippen molar-refractivity contribution in [3.63, 3.8) is 0 Å². The van der Waals surface area contributed by atoms with Gasteiger partial charge in [-0.2, -0.15) is 0 Å². The van der Waals surface area contributed by atoms with E-state index in [1.807, 2.05) is 6.92 Å². The summed E-state index contributed by atoms with van der Waals surface area (Å²) in [4.78, 5) is 23.2. The van der Waals surface area contributed by atoms with Gasteiger partial charge in [0.15, 0.2) is 11.6 Å². The smallest absolute Gasteiger partial charge is 0.311 e. The van der Waals surface area contributed by atoms with Gasteiger partial charge in [-0.1, -0.05) is 31.9 Å². The summed E-state index contributed by atoms with van der Waals surface area (Å²) in [6, 6.07) is 5.72. The highest BCUT2D eigenvalue weighted by molar-refractivity contribution is 5.74. The van der Waals surface area contributed by atoms with Gasteiger partial charge in [0.2, 0.25) is 0 Å². The van der Waals surface area contributed by atoms with Gasteiger partial charge in [-0.25, -0.2) is 4.39 Å². The van der Waals surface area contributed by atoms with Crippen LogP contribution in [-0.4, -0.2) is 18.0 Å². The van der Waals surface area contributed by atoms with E-state index in [2.05, 4.69) is 6.92 Å². The summed E-state index contributed by atoms with van der Waals surface area (Å²) >= 11 is 0. The summed E-state index contributed by atoms with van der Waals surface area (Å²) in [5.74, 6) is -1.54. The molecular formula is C18H25FO4. The zero-order chi connectivity index (χ0) is 17.1. The molecule has 0 aromatic heterocycles. The Morgan fingerprint density at radius 2 is 1.78 bits per heavy atom. The highest BCUT2D eigenvalue weighted by Crippen LogP contribution is 2.16. The van der Waals surface area contributed by atoms with Crippen LogP contribution in [0.1, 0.15) is 58.8 Å². The average Bonchev–Trinajstić information content (AvgIpc) is 2.50. The predicted molar refractivity (Wildman–Crippen MR) is 85.6 cm³/mol. The minimum Gasteiger partial charge on any atom is -0.463 e. The molecule has 128 valence electrons. The number of carbonyl (C=O) groups is 2. The Balaban J connectivity index is 2.19. The third-order valence-electron chi connectivity index (χ3n) is 3.37. The molecule has 5 heteroatoms. The van der Waals surface area contributed by atoms with Crippen molar-refractivity contribution < 1.29 is 23.5 Å². The van der Waals surface area contributed by atoms with Crippen LogP contribution in [0.4, 0.5) is 4.39 Å². The van der Waals surface area contributed by atoms with Crippen LogP contribution in [-0.2, 0) is 14.3 Å². The summed E-state index contributed by atoms with van der Waals surface area (Å²) in [7, 11) is 0. The molecule has 0 spiro atoms. The van der Waals surface area contributed by atoms with E-state index >= 15 is 0 Å². The van der Waals surface area contributed by atoms with Crippen LogP contribution in [0.25, 0.3) is 0 Å². The first-order valence-corrected chi connectivity index (χ1v) is 8.17. The molecule has 1 rings (SSSR count). The molecule has 0 aliphatic heterocycles. The molecule has 0 amide bonds. The van der Waals surface area contributed by atoms with Crippen LogP contribution in [0.3, 0.4) is 0 Å². The summed E-state index contributed by atoms with van der Waals surface area (Å²) < 4.78 is 23.5. The Morgan fingerprint density at radius 3 is 2.48 bits per heavy atom. The number of hydrogen-bond acceptors (Lipinski definition) is 4. The Hall–Kier alpha value is -1.91. The van der Waals surface area contributed by atoms with Crippen LogP contribution < -0.4 is 4.74 Å². The number of esters is 2. The van der Waals surface area contributed by atoms with Gasteiger partial charge >= 0.3 is 11.9 Å². The first-order valence-electron chi connectivity index (χ1n) is 8.17. The monoisotopic (exact) mass is 324 g/mol. The third-order valence-corrected chi connectivity index (χ3v) is 3.37. The molecule has 0 saturated carbocycles. The van der Waals surface area contributed by atoms with Gasteiger partial charge in [0.1, 0.15) is 0 Å². The summed E-state index contributed by atoms with van der Waals surface area (Å²) in [6.45, 7) is 4.00. The molecule has 0 radical (unpaired) electrons. The predicted octanol–water partition coefficient (Wildman–Crippen LogP) is 4.41. The topological polar surface area (TPSA) is 52.6 Å². The van der Waals surface area contributed by atoms with Gasteiger partial charge in [-0.15, -0.1) is 0 Å². The lowest BCUT2D eigenvalue weighted by Gasteiger charge is -2.12. The molecule has 4 nitrogen and oxygen atoms in total. The number of hydrogen-bond donors (Lipinski definition) is 0. The van der Waals surface area contributed by atoms with Crippen molar-refractivity contribution in [2.45, 2.75) is 64.9 Å². The Morgan fingerprint density at radius 1 is 1.09 bits per heavy atom. The lowest BCUT2D eigenvalue weighted by atomic mass is 10.1. The summed E-state index contributed by atoms with van der Waals surface area (Å²) in [6.07, 6.45) is 4.59. The number of ether oxygens (including phenoxy) is 2. The summed E-state index contributed by atoms with van der Waals surface area (Å²) in [5.41, 5.74) is 0. The molecular weight excluding hydrogens is 299 g/mol. The van der Waals surface area contributed by atoms with Crippen molar-refractivity contribution in [2.75, 3.05) is 0 Å².